The molecule has 2 heterocycles. The molecule has 2 aromatic heterocycles. The summed E-state index contributed by atoms with van der Waals surface area (Å²) in [5.41, 5.74) is 0.551. The van der Waals surface area contributed by atoms with E-state index in [2.05, 4.69) is 25.7 Å². The highest BCUT2D eigenvalue weighted by Crippen LogP contribution is 2.22. The summed E-state index contributed by atoms with van der Waals surface area (Å²) >= 11 is 7.13. The van der Waals surface area contributed by atoms with Crippen LogP contribution in [0, 0.1) is 22.7 Å². The lowest BCUT2D eigenvalue weighted by Crippen LogP contribution is -2.28. The fourth-order valence-corrected chi connectivity index (χ4v) is 3.30. The van der Waals surface area contributed by atoms with Crippen LogP contribution in [0.2, 0.25) is 5.02 Å². The number of benzene rings is 1. The van der Waals surface area contributed by atoms with Crippen LogP contribution in [0.1, 0.15) is 39.6 Å². The highest BCUT2D eigenvalue weighted by atomic mass is 35.5. The number of carbonyl (C=O) groups is 1. The average molecular weight is 413 g/mol. The molecule has 0 aliphatic rings. The fraction of sp³-hybridized carbons (Fsp3) is 0.176. The number of nitrogens with one attached hydrogen (secondary N) is 2. The second kappa shape index (κ2) is 8.05. The molecule has 140 valence electrons. The van der Waals surface area contributed by atoms with Gasteiger partial charge in [-0.25, -0.2) is 4.98 Å². The van der Waals surface area contributed by atoms with E-state index in [-0.39, 0.29) is 11.1 Å². The van der Waals surface area contributed by atoms with E-state index < -0.39 is 11.9 Å². The Morgan fingerprint density at radius 3 is 2.75 bits per heavy atom. The quantitative estimate of drug-likeness (QED) is 0.658. The third-order valence-corrected chi connectivity index (χ3v) is 4.76. The number of thiazole rings is 1. The molecule has 0 radical (unpaired) electrons. The molecular weight excluding hydrogens is 400 g/mol. The molecule has 3 aromatic rings. The van der Waals surface area contributed by atoms with Crippen molar-refractivity contribution in [1.29, 1.82) is 10.5 Å². The molecule has 2 N–H and O–H groups in total. The molecule has 1 aromatic carbocycles. The molecule has 0 bridgehead atoms. The van der Waals surface area contributed by atoms with Crippen molar-refractivity contribution >= 4 is 34.8 Å². The molecule has 11 heteroatoms. The van der Waals surface area contributed by atoms with Crippen LogP contribution in [-0.2, 0) is 0 Å². The van der Waals surface area contributed by atoms with Crippen molar-refractivity contribution < 1.29 is 4.79 Å². The predicted molar refractivity (Wildman–Crippen MR) is 103 cm³/mol. The van der Waals surface area contributed by atoms with E-state index in [0.29, 0.717) is 26.8 Å². The Hall–Kier alpha value is -3.47. The maximum Gasteiger partial charge on any atom is 0.251 e. The molecule has 0 saturated heterocycles. The molecule has 28 heavy (non-hydrogen) atoms. The van der Waals surface area contributed by atoms with Crippen LogP contribution < -0.4 is 10.6 Å². The van der Waals surface area contributed by atoms with Gasteiger partial charge in [-0.1, -0.05) is 22.9 Å². The standard InChI is InChI=1S/C17H13ClN8OS/c1-9(23-15(27)11-3-10(6-19)4-12(18)5-11)14-24-16(21-2)25-26(14)17-22-8-13(7-20)28-17/h3-5,8-9H,1-2H3,(H,21,25)(H,23,27)/t9-/m0/s1. The van der Waals surface area contributed by atoms with Gasteiger partial charge in [-0.15, -0.1) is 5.10 Å². The fourth-order valence-electron chi connectivity index (χ4n) is 2.40. The summed E-state index contributed by atoms with van der Waals surface area (Å²) in [6, 6.07) is 7.87. The highest BCUT2D eigenvalue weighted by Gasteiger charge is 2.22. The number of halogens is 1. The number of nitriles is 2. The lowest BCUT2D eigenvalue weighted by molar-refractivity contribution is 0.0938. The Morgan fingerprint density at radius 2 is 2.11 bits per heavy atom. The van der Waals surface area contributed by atoms with E-state index in [1.165, 1.54) is 29.1 Å². The maximum atomic E-state index is 12.6. The van der Waals surface area contributed by atoms with E-state index in [1.54, 1.807) is 14.0 Å². The first-order chi connectivity index (χ1) is 13.4. The number of carbonyl (C=O) groups excluding carboxylic acids is 1. The summed E-state index contributed by atoms with van der Waals surface area (Å²) in [5.74, 6) is 0.363. The van der Waals surface area contributed by atoms with Crippen LogP contribution in [-0.4, -0.2) is 32.7 Å². The SMILES string of the molecule is CNc1nc([C@H](C)NC(=O)c2cc(Cl)cc(C#N)c2)n(-c2ncc(C#N)s2)n1. The first-order valence-corrected chi connectivity index (χ1v) is 9.17. The average Bonchev–Trinajstić information content (AvgIpc) is 3.33. The Kier molecular flexibility index (Phi) is 5.54. The van der Waals surface area contributed by atoms with E-state index in [4.69, 9.17) is 22.1 Å². The molecule has 3 rings (SSSR count). The number of amides is 1. The third-order valence-electron chi connectivity index (χ3n) is 3.66. The molecule has 0 spiro atoms. The van der Waals surface area contributed by atoms with Gasteiger partial charge >= 0.3 is 0 Å². The Morgan fingerprint density at radius 1 is 1.32 bits per heavy atom. The lowest BCUT2D eigenvalue weighted by atomic mass is 10.1. The first-order valence-electron chi connectivity index (χ1n) is 7.97. The molecule has 0 aliphatic carbocycles. The zero-order valence-electron chi connectivity index (χ0n) is 14.8. The molecule has 9 nitrogen and oxygen atoms in total. The minimum atomic E-state index is -0.541. The van der Waals surface area contributed by atoms with Gasteiger partial charge in [0, 0.05) is 17.6 Å². The van der Waals surface area contributed by atoms with Gasteiger partial charge in [-0.3, -0.25) is 4.79 Å². The molecule has 1 atom stereocenters. The van der Waals surface area contributed by atoms with Crippen LogP contribution in [0.15, 0.2) is 24.4 Å². The predicted octanol–water partition coefficient (Wildman–Crippen LogP) is 2.65. The van der Waals surface area contributed by atoms with E-state index in [9.17, 15) is 4.79 Å². The normalized spacial score (nSPS) is 11.3. The van der Waals surface area contributed by atoms with Gasteiger partial charge in [0.05, 0.1) is 23.9 Å². The molecule has 0 aliphatic heterocycles. The number of hydrogen-bond donors (Lipinski definition) is 2. The Balaban J connectivity index is 1.90. The largest absolute Gasteiger partial charge is 0.356 e. The van der Waals surface area contributed by atoms with Crippen molar-refractivity contribution in [2.24, 2.45) is 0 Å². The third kappa shape index (κ3) is 3.93. The topological polar surface area (TPSA) is 132 Å². The minimum Gasteiger partial charge on any atom is -0.356 e. The number of hydrogen-bond acceptors (Lipinski definition) is 8. The summed E-state index contributed by atoms with van der Waals surface area (Å²) < 4.78 is 1.47. The number of nitrogens with zero attached hydrogens (tertiary/aromatic N) is 6. The van der Waals surface area contributed by atoms with Crippen molar-refractivity contribution in [2.75, 3.05) is 12.4 Å². The van der Waals surface area contributed by atoms with Crippen molar-refractivity contribution in [1.82, 2.24) is 25.1 Å². The smallest absolute Gasteiger partial charge is 0.251 e. The molecule has 0 saturated carbocycles. The van der Waals surface area contributed by atoms with Gasteiger partial charge in [-0.05, 0) is 25.1 Å². The van der Waals surface area contributed by atoms with Crippen LogP contribution in [0.25, 0.3) is 5.13 Å². The Labute approximate surface area is 169 Å². The van der Waals surface area contributed by atoms with E-state index in [0.717, 1.165) is 11.3 Å². The molecule has 0 fully saturated rings. The maximum absolute atomic E-state index is 12.6. The van der Waals surface area contributed by atoms with Gasteiger partial charge in [0.15, 0.2) is 5.82 Å². The summed E-state index contributed by atoms with van der Waals surface area (Å²) in [7, 11) is 1.67. The van der Waals surface area contributed by atoms with Gasteiger partial charge < -0.3 is 10.6 Å². The van der Waals surface area contributed by atoms with Gasteiger partial charge in [0.2, 0.25) is 11.1 Å². The first kappa shape index (κ1) is 19.3. The summed E-state index contributed by atoms with van der Waals surface area (Å²) in [4.78, 5) is 21.6. The summed E-state index contributed by atoms with van der Waals surface area (Å²) in [6.07, 6.45) is 1.45. The van der Waals surface area contributed by atoms with E-state index >= 15 is 0 Å². The highest BCUT2D eigenvalue weighted by molar-refractivity contribution is 7.14. The van der Waals surface area contributed by atoms with Crippen molar-refractivity contribution in [3.05, 3.63) is 51.2 Å². The van der Waals surface area contributed by atoms with Crippen molar-refractivity contribution in [2.45, 2.75) is 13.0 Å². The summed E-state index contributed by atoms with van der Waals surface area (Å²) in [6.45, 7) is 1.74. The zero-order valence-corrected chi connectivity index (χ0v) is 16.3. The minimum absolute atomic E-state index is 0.261. The zero-order chi connectivity index (χ0) is 20.3. The monoisotopic (exact) mass is 412 g/mol. The van der Waals surface area contributed by atoms with Crippen LogP contribution >= 0.6 is 22.9 Å². The Bertz CT molecular complexity index is 1120. The van der Waals surface area contributed by atoms with Crippen LogP contribution in [0.3, 0.4) is 0 Å². The van der Waals surface area contributed by atoms with Crippen molar-refractivity contribution in [3.8, 4) is 17.3 Å². The van der Waals surface area contributed by atoms with Crippen LogP contribution in [0.4, 0.5) is 5.95 Å². The summed E-state index contributed by atoms with van der Waals surface area (Å²) in [5, 5.41) is 28.8. The van der Waals surface area contributed by atoms with E-state index in [1.807, 2.05) is 12.1 Å². The number of aromatic nitrogens is 4. The van der Waals surface area contributed by atoms with Gasteiger partial charge in [-0.2, -0.15) is 20.2 Å². The second-order valence-corrected chi connectivity index (χ2v) is 7.06. The van der Waals surface area contributed by atoms with Crippen molar-refractivity contribution in [3.63, 3.8) is 0 Å². The molecule has 0 unspecified atom stereocenters. The number of rotatable bonds is 5. The molecular formula is C17H13ClN8OS. The van der Waals surface area contributed by atoms with Gasteiger partial charge in [0.25, 0.3) is 5.91 Å². The molecule has 1 amide bonds. The van der Waals surface area contributed by atoms with Gasteiger partial charge in [0.1, 0.15) is 10.9 Å². The van der Waals surface area contributed by atoms with Crippen LogP contribution in [0.5, 0.6) is 0 Å². The number of anilines is 1. The second-order valence-electron chi connectivity index (χ2n) is 5.61. The lowest BCUT2D eigenvalue weighted by Gasteiger charge is -2.13.